The highest BCUT2D eigenvalue weighted by atomic mass is 127. The van der Waals surface area contributed by atoms with Crippen molar-refractivity contribution in [3.8, 4) is 0 Å². The molecule has 0 radical (unpaired) electrons. The molecule has 0 bridgehead atoms. The van der Waals surface area contributed by atoms with Crippen molar-refractivity contribution in [1.29, 1.82) is 0 Å². The zero-order valence-corrected chi connectivity index (χ0v) is 17.3. The lowest BCUT2D eigenvalue weighted by Gasteiger charge is -2.21. The Balaban J connectivity index is 0.00000338. The fourth-order valence-electron chi connectivity index (χ4n) is 2.56. The summed E-state index contributed by atoms with van der Waals surface area (Å²) in [7, 11) is 0. The molecular weight excluding hydrogens is 486 g/mol. The Kier molecular flexibility index (Phi) is 9.17. The van der Waals surface area contributed by atoms with Crippen LogP contribution in [0.4, 0.5) is 19.0 Å². The second-order valence-electron chi connectivity index (χ2n) is 5.59. The number of hydrogen-bond acceptors (Lipinski definition) is 4. The second kappa shape index (κ2) is 10.4. The normalized spacial score (nSPS) is 17.8. The van der Waals surface area contributed by atoms with Gasteiger partial charge in [-0.1, -0.05) is 11.6 Å². The van der Waals surface area contributed by atoms with Crippen LogP contribution >= 0.6 is 35.6 Å². The highest BCUT2D eigenvalue weighted by Crippen LogP contribution is 2.34. The van der Waals surface area contributed by atoms with Gasteiger partial charge in [-0.25, -0.2) is 4.98 Å². The molecule has 11 heteroatoms. The fraction of sp³-hybridized carbons (Fsp3) is 0.600. The van der Waals surface area contributed by atoms with E-state index in [-0.39, 0.29) is 48.2 Å². The van der Waals surface area contributed by atoms with Crippen LogP contribution < -0.4 is 15.5 Å². The molecule has 0 amide bonds. The number of aliphatic imine (C=N–C) groups is 1. The number of nitrogens with zero attached hydrogens (tertiary/aromatic N) is 3. The van der Waals surface area contributed by atoms with Crippen molar-refractivity contribution in [3.05, 3.63) is 22.8 Å². The summed E-state index contributed by atoms with van der Waals surface area (Å²) in [6.07, 6.45) is -2.90. The predicted octanol–water partition coefficient (Wildman–Crippen LogP) is 2.50. The van der Waals surface area contributed by atoms with E-state index in [0.29, 0.717) is 31.4 Å². The highest BCUT2D eigenvalue weighted by molar-refractivity contribution is 14.0. The Labute approximate surface area is 172 Å². The quantitative estimate of drug-likeness (QED) is 0.325. The number of hydrogen-bond donors (Lipinski definition) is 3. The van der Waals surface area contributed by atoms with E-state index in [1.807, 2.05) is 11.8 Å². The van der Waals surface area contributed by atoms with Crippen LogP contribution in [0.3, 0.4) is 0 Å². The van der Waals surface area contributed by atoms with Crippen LogP contribution in [-0.2, 0) is 6.18 Å². The van der Waals surface area contributed by atoms with Crippen molar-refractivity contribution in [2.24, 2.45) is 4.99 Å². The summed E-state index contributed by atoms with van der Waals surface area (Å²) in [4.78, 5) is 9.95. The van der Waals surface area contributed by atoms with E-state index < -0.39 is 11.7 Å². The lowest BCUT2D eigenvalue weighted by molar-refractivity contribution is -0.137. The summed E-state index contributed by atoms with van der Waals surface area (Å²) in [5.74, 6) is 0.936. The molecular formula is C15H22ClF3IN5O. The number of alkyl halides is 3. The van der Waals surface area contributed by atoms with Gasteiger partial charge in [0.15, 0.2) is 5.96 Å². The summed E-state index contributed by atoms with van der Waals surface area (Å²) >= 11 is 6.00. The third kappa shape index (κ3) is 6.31. The first-order valence-corrected chi connectivity index (χ1v) is 8.36. The maximum absolute atomic E-state index is 12.7. The third-order valence-corrected chi connectivity index (χ3v) is 3.97. The van der Waals surface area contributed by atoms with Crippen molar-refractivity contribution in [2.75, 3.05) is 37.7 Å². The Morgan fingerprint density at radius 1 is 1.50 bits per heavy atom. The van der Waals surface area contributed by atoms with Crippen LogP contribution in [0, 0.1) is 0 Å². The summed E-state index contributed by atoms with van der Waals surface area (Å²) < 4.78 is 38.1. The summed E-state index contributed by atoms with van der Waals surface area (Å²) in [5, 5.41) is 15.2. The molecule has 1 aliphatic heterocycles. The molecule has 0 spiro atoms. The van der Waals surface area contributed by atoms with Crippen LogP contribution in [0.5, 0.6) is 0 Å². The van der Waals surface area contributed by atoms with Crippen LogP contribution in [0.2, 0.25) is 5.02 Å². The smallest absolute Gasteiger partial charge is 0.394 e. The van der Waals surface area contributed by atoms with Gasteiger partial charge in [0.25, 0.3) is 0 Å². The minimum atomic E-state index is -4.46. The molecule has 3 N–H and O–H groups in total. The SMILES string of the molecule is CCNC(=NCCO)NC1CCN(c2ncc(C(F)(F)F)cc2Cl)C1.I. The van der Waals surface area contributed by atoms with Crippen molar-refractivity contribution >= 4 is 47.4 Å². The molecule has 0 aromatic carbocycles. The Morgan fingerprint density at radius 3 is 2.81 bits per heavy atom. The number of aromatic nitrogens is 1. The van der Waals surface area contributed by atoms with Gasteiger partial charge < -0.3 is 20.6 Å². The van der Waals surface area contributed by atoms with Gasteiger partial charge in [0.05, 0.1) is 23.7 Å². The van der Waals surface area contributed by atoms with Gasteiger partial charge in [0.2, 0.25) is 0 Å². The van der Waals surface area contributed by atoms with E-state index in [1.165, 1.54) is 0 Å². The molecule has 0 saturated carbocycles. The van der Waals surface area contributed by atoms with Crippen molar-refractivity contribution in [1.82, 2.24) is 15.6 Å². The maximum atomic E-state index is 12.7. The predicted molar refractivity (Wildman–Crippen MR) is 106 cm³/mol. The number of aliphatic hydroxyl groups excluding tert-OH is 1. The average molecular weight is 508 g/mol. The van der Waals surface area contributed by atoms with Crippen LogP contribution in [0.25, 0.3) is 0 Å². The first kappa shape index (κ1) is 23.0. The Bertz CT molecular complexity index is 617. The third-order valence-electron chi connectivity index (χ3n) is 3.69. The number of rotatable bonds is 5. The molecule has 2 rings (SSSR count). The largest absolute Gasteiger partial charge is 0.417 e. The average Bonchev–Trinajstić information content (AvgIpc) is 3.00. The van der Waals surface area contributed by atoms with E-state index in [2.05, 4.69) is 20.6 Å². The van der Waals surface area contributed by atoms with Gasteiger partial charge in [-0.15, -0.1) is 24.0 Å². The standard InChI is InChI=1S/C15H21ClF3N5O.HI/c1-2-20-14(21-4-6-25)23-11-3-5-24(9-11)13-12(16)7-10(8-22-13)15(17,18)19;/h7-8,11,25H,2-6,9H2,1H3,(H2,20,21,23);1H. The molecule has 1 unspecified atom stereocenters. The minimum Gasteiger partial charge on any atom is -0.394 e. The van der Waals surface area contributed by atoms with Crippen LogP contribution in [0.15, 0.2) is 17.3 Å². The maximum Gasteiger partial charge on any atom is 0.417 e. The molecule has 26 heavy (non-hydrogen) atoms. The van der Waals surface area contributed by atoms with Gasteiger partial charge in [-0.05, 0) is 19.4 Å². The van der Waals surface area contributed by atoms with Crippen molar-refractivity contribution < 1.29 is 18.3 Å². The van der Waals surface area contributed by atoms with Gasteiger partial charge in [0.1, 0.15) is 5.82 Å². The number of nitrogens with one attached hydrogen (secondary N) is 2. The number of pyridine rings is 1. The van der Waals surface area contributed by atoms with Crippen LogP contribution in [-0.4, -0.2) is 54.9 Å². The minimum absolute atomic E-state index is 0. The number of halogens is 5. The van der Waals surface area contributed by atoms with E-state index in [1.54, 1.807) is 0 Å². The summed E-state index contributed by atoms with van der Waals surface area (Å²) in [6.45, 7) is 4.02. The first-order valence-electron chi connectivity index (χ1n) is 7.98. The molecule has 148 valence electrons. The zero-order chi connectivity index (χ0) is 18.4. The van der Waals surface area contributed by atoms with E-state index in [9.17, 15) is 13.2 Å². The molecule has 6 nitrogen and oxygen atoms in total. The lowest BCUT2D eigenvalue weighted by atomic mass is 10.2. The first-order chi connectivity index (χ1) is 11.8. The van der Waals surface area contributed by atoms with Gasteiger partial charge >= 0.3 is 6.18 Å². The topological polar surface area (TPSA) is 72.8 Å². The van der Waals surface area contributed by atoms with Crippen LogP contribution in [0.1, 0.15) is 18.9 Å². The van der Waals surface area contributed by atoms with E-state index >= 15 is 0 Å². The number of guanidine groups is 1. The molecule has 1 atom stereocenters. The summed E-state index contributed by atoms with van der Waals surface area (Å²) in [6, 6.07) is 0.953. The Morgan fingerprint density at radius 2 is 2.23 bits per heavy atom. The van der Waals surface area contributed by atoms with Gasteiger partial charge in [-0.2, -0.15) is 13.2 Å². The molecule has 1 fully saturated rings. The van der Waals surface area contributed by atoms with Gasteiger partial charge in [0, 0.05) is 31.9 Å². The van der Waals surface area contributed by atoms with E-state index in [4.69, 9.17) is 16.7 Å². The molecule has 1 aromatic rings. The van der Waals surface area contributed by atoms with Crippen molar-refractivity contribution in [2.45, 2.75) is 25.6 Å². The molecule has 1 aromatic heterocycles. The van der Waals surface area contributed by atoms with E-state index in [0.717, 1.165) is 18.7 Å². The molecule has 1 aliphatic rings. The molecule has 0 aliphatic carbocycles. The highest BCUT2D eigenvalue weighted by Gasteiger charge is 2.33. The summed E-state index contributed by atoms with van der Waals surface area (Å²) in [5.41, 5.74) is -0.860. The number of aliphatic hydroxyl groups is 1. The van der Waals surface area contributed by atoms with Gasteiger partial charge in [-0.3, -0.25) is 4.99 Å². The van der Waals surface area contributed by atoms with Crippen molar-refractivity contribution in [3.63, 3.8) is 0 Å². The second-order valence-corrected chi connectivity index (χ2v) is 5.99. The lowest BCUT2D eigenvalue weighted by Crippen LogP contribution is -2.44. The zero-order valence-electron chi connectivity index (χ0n) is 14.2. The fourth-order valence-corrected chi connectivity index (χ4v) is 2.85. The Hall–Kier alpha value is -1.01. The number of anilines is 1. The molecule has 1 saturated heterocycles. The monoisotopic (exact) mass is 507 g/mol. The molecule has 2 heterocycles.